The summed E-state index contributed by atoms with van der Waals surface area (Å²) in [5.74, 6) is 0.521. The van der Waals surface area contributed by atoms with Gasteiger partial charge in [0.25, 0.3) is 15.9 Å². The SMILES string of the molecule is COc1ccc(OC)c(NC(=O)c2cccc(S(=O)(=O)Nc3cccc(C)c3)c2)c1. The first-order chi connectivity index (χ1) is 14.3. The van der Waals surface area contributed by atoms with E-state index in [0.717, 1.165) is 5.56 Å². The van der Waals surface area contributed by atoms with Crippen LogP contribution in [0.4, 0.5) is 11.4 Å². The molecular formula is C22H22N2O5S. The van der Waals surface area contributed by atoms with E-state index in [9.17, 15) is 13.2 Å². The van der Waals surface area contributed by atoms with Gasteiger partial charge in [-0.25, -0.2) is 8.42 Å². The minimum absolute atomic E-state index is 0.0192. The van der Waals surface area contributed by atoms with Crippen molar-refractivity contribution < 1.29 is 22.7 Å². The number of carbonyl (C=O) groups is 1. The van der Waals surface area contributed by atoms with Crippen molar-refractivity contribution in [2.75, 3.05) is 24.3 Å². The topological polar surface area (TPSA) is 93.7 Å². The predicted molar refractivity (Wildman–Crippen MR) is 116 cm³/mol. The average Bonchev–Trinajstić information content (AvgIpc) is 2.73. The van der Waals surface area contributed by atoms with Crippen LogP contribution in [0.2, 0.25) is 0 Å². The van der Waals surface area contributed by atoms with Gasteiger partial charge in [-0.05, 0) is 55.0 Å². The molecule has 0 aromatic heterocycles. The second kappa shape index (κ2) is 8.87. The minimum Gasteiger partial charge on any atom is -0.497 e. The van der Waals surface area contributed by atoms with Crippen molar-refractivity contribution in [3.8, 4) is 11.5 Å². The lowest BCUT2D eigenvalue weighted by molar-refractivity contribution is 0.102. The highest BCUT2D eigenvalue weighted by atomic mass is 32.2. The Bertz CT molecular complexity index is 1180. The lowest BCUT2D eigenvalue weighted by atomic mass is 10.2. The molecule has 7 nitrogen and oxygen atoms in total. The number of methoxy groups -OCH3 is 2. The van der Waals surface area contributed by atoms with Gasteiger partial charge in [-0.3, -0.25) is 9.52 Å². The van der Waals surface area contributed by atoms with E-state index in [-0.39, 0.29) is 10.5 Å². The van der Waals surface area contributed by atoms with Gasteiger partial charge >= 0.3 is 0 Å². The highest BCUT2D eigenvalue weighted by Gasteiger charge is 2.18. The minimum atomic E-state index is -3.86. The zero-order chi connectivity index (χ0) is 21.7. The fraction of sp³-hybridized carbons (Fsp3) is 0.136. The van der Waals surface area contributed by atoms with Crippen LogP contribution in [0.15, 0.2) is 71.6 Å². The van der Waals surface area contributed by atoms with Gasteiger partial charge in [0.1, 0.15) is 11.5 Å². The Morgan fingerprint density at radius 2 is 1.67 bits per heavy atom. The molecular weight excluding hydrogens is 404 g/mol. The molecule has 0 aliphatic carbocycles. The van der Waals surface area contributed by atoms with Crippen molar-refractivity contribution >= 4 is 27.3 Å². The number of anilines is 2. The van der Waals surface area contributed by atoms with Gasteiger partial charge in [-0.1, -0.05) is 18.2 Å². The second-order valence-electron chi connectivity index (χ2n) is 6.52. The van der Waals surface area contributed by atoms with Crippen LogP contribution in [0.5, 0.6) is 11.5 Å². The van der Waals surface area contributed by atoms with Crippen LogP contribution in [0.25, 0.3) is 0 Å². The molecule has 0 aliphatic heterocycles. The number of hydrogen-bond acceptors (Lipinski definition) is 5. The average molecular weight is 426 g/mol. The molecule has 1 amide bonds. The van der Waals surface area contributed by atoms with E-state index in [1.807, 2.05) is 13.0 Å². The third kappa shape index (κ3) is 4.90. The van der Waals surface area contributed by atoms with Gasteiger partial charge in [0.05, 0.1) is 24.8 Å². The molecule has 0 saturated carbocycles. The van der Waals surface area contributed by atoms with E-state index in [1.165, 1.54) is 38.5 Å². The summed E-state index contributed by atoms with van der Waals surface area (Å²) in [4.78, 5) is 12.7. The van der Waals surface area contributed by atoms with Crippen LogP contribution in [-0.2, 0) is 10.0 Å². The molecule has 0 fully saturated rings. The highest BCUT2D eigenvalue weighted by Crippen LogP contribution is 2.29. The number of aryl methyl sites for hydroxylation is 1. The van der Waals surface area contributed by atoms with Crippen molar-refractivity contribution in [3.05, 3.63) is 77.9 Å². The molecule has 3 aromatic rings. The molecule has 0 aliphatic rings. The van der Waals surface area contributed by atoms with Gasteiger partial charge < -0.3 is 14.8 Å². The normalized spacial score (nSPS) is 10.9. The Labute approximate surface area is 175 Å². The largest absolute Gasteiger partial charge is 0.497 e. The smallest absolute Gasteiger partial charge is 0.261 e. The second-order valence-corrected chi connectivity index (χ2v) is 8.21. The first-order valence-corrected chi connectivity index (χ1v) is 10.5. The van der Waals surface area contributed by atoms with E-state index in [4.69, 9.17) is 9.47 Å². The Balaban J connectivity index is 1.85. The van der Waals surface area contributed by atoms with E-state index in [0.29, 0.717) is 22.9 Å². The molecule has 2 N–H and O–H groups in total. The van der Waals surface area contributed by atoms with Crippen LogP contribution >= 0.6 is 0 Å². The maximum atomic E-state index is 12.8. The molecule has 0 unspecified atom stereocenters. The van der Waals surface area contributed by atoms with E-state index >= 15 is 0 Å². The van der Waals surface area contributed by atoms with Gasteiger partial charge in [-0.2, -0.15) is 0 Å². The number of rotatable bonds is 7. The van der Waals surface area contributed by atoms with E-state index in [2.05, 4.69) is 10.0 Å². The molecule has 0 atom stereocenters. The fourth-order valence-electron chi connectivity index (χ4n) is 2.83. The van der Waals surface area contributed by atoms with Gasteiger partial charge in [0.2, 0.25) is 0 Å². The molecule has 0 spiro atoms. The molecule has 8 heteroatoms. The Kier molecular flexibility index (Phi) is 6.27. The van der Waals surface area contributed by atoms with Crippen LogP contribution in [-0.4, -0.2) is 28.5 Å². The summed E-state index contributed by atoms with van der Waals surface area (Å²) >= 11 is 0. The monoisotopic (exact) mass is 426 g/mol. The zero-order valence-corrected chi connectivity index (χ0v) is 17.6. The lowest BCUT2D eigenvalue weighted by Crippen LogP contribution is -2.16. The predicted octanol–water partition coefficient (Wildman–Crippen LogP) is 4.07. The van der Waals surface area contributed by atoms with Gasteiger partial charge in [0, 0.05) is 17.3 Å². The van der Waals surface area contributed by atoms with Crippen molar-refractivity contribution in [2.24, 2.45) is 0 Å². The van der Waals surface area contributed by atoms with E-state index in [1.54, 1.807) is 36.4 Å². The summed E-state index contributed by atoms with van der Waals surface area (Å²) in [6, 6.07) is 17.8. The molecule has 156 valence electrons. The first-order valence-electron chi connectivity index (χ1n) is 9.05. The lowest BCUT2D eigenvalue weighted by Gasteiger charge is -2.13. The third-order valence-electron chi connectivity index (χ3n) is 4.33. The van der Waals surface area contributed by atoms with Crippen LogP contribution in [0.3, 0.4) is 0 Å². The maximum absolute atomic E-state index is 12.8. The highest BCUT2D eigenvalue weighted by molar-refractivity contribution is 7.92. The quantitative estimate of drug-likeness (QED) is 0.594. The van der Waals surface area contributed by atoms with Gasteiger partial charge in [0.15, 0.2) is 0 Å². The van der Waals surface area contributed by atoms with Crippen LogP contribution in [0, 0.1) is 6.92 Å². The summed E-state index contributed by atoms with van der Waals surface area (Å²) < 4.78 is 38.5. The molecule has 30 heavy (non-hydrogen) atoms. The number of amides is 1. The van der Waals surface area contributed by atoms with Crippen molar-refractivity contribution in [2.45, 2.75) is 11.8 Å². The number of ether oxygens (including phenoxy) is 2. The van der Waals surface area contributed by atoms with Crippen molar-refractivity contribution in [1.29, 1.82) is 0 Å². The number of nitrogens with one attached hydrogen (secondary N) is 2. The molecule has 0 saturated heterocycles. The molecule has 0 heterocycles. The number of carbonyl (C=O) groups excluding carboxylic acids is 1. The van der Waals surface area contributed by atoms with E-state index < -0.39 is 15.9 Å². The Morgan fingerprint density at radius 1 is 0.900 bits per heavy atom. The first kappa shape index (κ1) is 21.2. The van der Waals surface area contributed by atoms with Crippen LogP contribution in [0.1, 0.15) is 15.9 Å². The zero-order valence-electron chi connectivity index (χ0n) is 16.8. The number of benzene rings is 3. The van der Waals surface area contributed by atoms with Crippen molar-refractivity contribution in [3.63, 3.8) is 0 Å². The molecule has 0 bridgehead atoms. The maximum Gasteiger partial charge on any atom is 0.261 e. The summed E-state index contributed by atoms with van der Waals surface area (Å²) in [7, 11) is -0.853. The summed E-state index contributed by atoms with van der Waals surface area (Å²) in [6.45, 7) is 1.87. The molecule has 3 aromatic carbocycles. The van der Waals surface area contributed by atoms with Gasteiger partial charge in [-0.15, -0.1) is 0 Å². The van der Waals surface area contributed by atoms with Crippen LogP contribution < -0.4 is 19.5 Å². The molecule has 0 radical (unpaired) electrons. The Morgan fingerprint density at radius 3 is 2.37 bits per heavy atom. The molecule has 3 rings (SSSR count). The summed E-state index contributed by atoms with van der Waals surface area (Å²) in [6.07, 6.45) is 0. The third-order valence-corrected chi connectivity index (χ3v) is 5.71. The standard InChI is InChI=1S/C22H22N2O5S/c1-15-6-4-8-17(12-15)24-30(26,27)19-9-5-7-16(13-19)22(25)23-20-14-18(28-2)10-11-21(20)29-3/h4-14,24H,1-3H3,(H,23,25). The summed E-state index contributed by atoms with van der Waals surface area (Å²) in [5.41, 5.74) is 1.97. The Hall–Kier alpha value is -3.52. The number of sulfonamides is 1. The fourth-order valence-corrected chi connectivity index (χ4v) is 3.93. The number of hydrogen-bond donors (Lipinski definition) is 2. The summed E-state index contributed by atoms with van der Waals surface area (Å²) in [5, 5.41) is 2.73. The van der Waals surface area contributed by atoms with Crippen molar-refractivity contribution in [1.82, 2.24) is 0 Å².